The van der Waals surface area contributed by atoms with E-state index in [1.165, 1.54) is 12.0 Å². The van der Waals surface area contributed by atoms with Crippen LogP contribution in [-0.4, -0.2) is 67.4 Å². The summed E-state index contributed by atoms with van der Waals surface area (Å²) >= 11 is 0. The second kappa shape index (κ2) is 13.8. The van der Waals surface area contributed by atoms with E-state index in [9.17, 15) is 4.79 Å². The van der Waals surface area contributed by atoms with Gasteiger partial charge in [-0.15, -0.1) is 0 Å². The number of nitrogens with one attached hydrogen (secondary N) is 1. The first kappa shape index (κ1) is 28.1. The van der Waals surface area contributed by atoms with E-state index in [1.54, 1.807) is 56.0 Å². The topological polar surface area (TPSA) is 111 Å². The van der Waals surface area contributed by atoms with Crippen LogP contribution in [0.1, 0.15) is 5.56 Å². The van der Waals surface area contributed by atoms with Crippen LogP contribution >= 0.6 is 0 Å². The average Bonchev–Trinajstić information content (AvgIpc) is 2.98. The van der Waals surface area contributed by atoms with Gasteiger partial charge in [0.15, 0.2) is 0 Å². The van der Waals surface area contributed by atoms with Crippen molar-refractivity contribution in [1.29, 1.82) is 0 Å². The summed E-state index contributed by atoms with van der Waals surface area (Å²) in [6, 6.07) is 17.8. The normalized spacial score (nSPS) is 10.6. The number of methoxy groups -OCH3 is 2. The lowest BCUT2D eigenvalue weighted by Crippen LogP contribution is -2.28. The molecule has 0 aliphatic rings. The quantitative estimate of drug-likeness (QED) is 0.260. The smallest absolute Gasteiger partial charge is 0.420 e. The summed E-state index contributed by atoms with van der Waals surface area (Å²) in [6.07, 6.45) is 4.19. The standard InChI is InChI=1S/C29H32N6O5/c1-34(2)16-17-39-23-9-7-22(8-10-23)32-28-31-15-13-27(33-28)35(25-12-11-24(37-3)18-26(25)38-4)29(36)40-20-21-6-5-14-30-19-21/h5-15,18-19H,16-17,20H2,1-4H3,(H,31,32,33). The van der Waals surface area contributed by atoms with Gasteiger partial charge in [-0.25, -0.2) is 14.7 Å². The Morgan fingerprint density at radius 1 is 0.950 bits per heavy atom. The number of rotatable bonds is 12. The van der Waals surface area contributed by atoms with Crippen LogP contribution in [0.2, 0.25) is 0 Å². The summed E-state index contributed by atoms with van der Waals surface area (Å²) in [5.74, 6) is 2.30. The van der Waals surface area contributed by atoms with Crippen LogP contribution in [0.3, 0.4) is 0 Å². The molecule has 4 aromatic rings. The van der Waals surface area contributed by atoms with Crippen LogP contribution in [0.25, 0.3) is 0 Å². The molecule has 0 radical (unpaired) electrons. The van der Waals surface area contributed by atoms with E-state index in [-0.39, 0.29) is 18.4 Å². The highest BCUT2D eigenvalue weighted by Crippen LogP contribution is 2.36. The van der Waals surface area contributed by atoms with E-state index in [0.29, 0.717) is 23.8 Å². The van der Waals surface area contributed by atoms with Gasteiger partial charge in [0.1, 0.15) is 36.3 Å². The van der Waals surface area contributed by atoms with E-state index in [4.69, 9.17) is 18.9 Å². The number of carbonyl (C=O) groups excluding carboxylic acids is 1. The van der Waals surface area contributed by atoms with Crippen molar-refractivity contribution in [2.24, 2.45) is 0 Å². The molecular formula is C29H32N6O5. The molecule has 0 aliphatic heterocycles. The van der Waals surface area contributed by atoms with E-state index in [0.717, 1.165) is 23.5 Å². The van der Waals surface area contributed by atoms with Crippen LogP contribution in [-0.2, 0) is 11.3 Å². The minimum atomic E-state index is -0.656. The molecule has 40 heavy (non-hydrogen) atoms. The summed E-state index contributed by atoms with van der Waals surface area (Å²) < 4.78 is 22.3. The lowest BCUT2D eigenvalue weighted by atomic mass is 10.2. The third kappa shape index (κ3) is 7.58. The molecule has 1 N–H and O–H groups in total. The number of amides is 1. The third-order valence-corrected chi connectivity index (χ3v) is 5.68. The fourth-order valence-corrected chi connectivity index (χ4v) is 3.62. The Kier molecular flexibility index (Phi) is 9.67. The molecule has 2 heterocycles. The predicted octanol–water partition coefficient (Wildman–Crippen LogP) is 5.05. The first-order valence-corrected chi connectivity index (χ1v) is 12.5. The highest BCUT2D eigenvalue weighted by molar-refractivity contribution is 5.97. The first-order chi connectivity index (χ1) is 19.5. The van der Waals surface area contributed by atoms with Crippen molar-refractivity contribution in [3.05, 3.63) is 84.8 Å². The Labute approximate surface area is 233 Å². The fraction of sp³-hybridized carbons (Fsp3) is 0.241. The lowest BCUT2D eigenvalue weighted by Gasteiger charge is -2.24. The summed E-state index contributed by atoms with van der Waals surface area (Å²) in [4.78, 5) is 29.8. The summed E-state index contributed by atoms with van der Waals surface area (Å²) in [5, 5.41) is 3.17. The molecule has 0 saturated heterocycles. The van der Waals surface area contributed by atoms with Gasteiger partial charge in [0.05, 0.1) is 19.9 Å². The number of benzene rings is 2. The minimum Gasteiger partial charge on any atom is -0.497 e. The number of hydrogen-bond donors (Lipinski definition) is 1. The second-order valence-corrected chi connectivity index (χ2v) is 8.83. The minimum absolute atomic E-state index is 0.0286. The number of pyridine rings is 1. The van der Waals surface area contributed by atoms with Gasteiger partial charge in [0.2, 0.25) is 5.95 Å². The number of aromatic nitrogens is 3. The van der Waals surface area contributed by atoms with Gasteiger partial charge in [0, 0.05) is 48.5 Å². The molecule has 0 fully saturated rings. The zero-order chi connectivity index (χ0) is 28.3. The highest BCUT2D eigenvalue weighted by atomic mass is 16.6. The molecule has 2 aromatic carbocycles. The van der Waals surface area contributed by atoms with Gasteiger partial charge in [-0.1, -0.05) is 6.07 Å². The molecular weight excluding hydrogens is 512 g/mol. The maximum absolute atomic E-state index is 13.5. The van der Waals surface area contributed by atoms with Crippen LogP contribution in [0, 0.1) is 0 Å². The predicted molar refractivity (Wildman–Crippen MR) is 152 cm³/mol. The molecule has 0 bridgehead atoms. The van der Waals surface area contributed by atoms with Crippen molar-refractivity contribution in [3.8, 4) is 17.2 Å². The van der Waals surface area contributed by atoms with Gasteiger partial charge < -0.3 is 29.2 Å². The Bertz CT molecular complexity index is 1390. The molecule has 1 amide bonds. The van der Waals surface area contributed by atoms with E-state index in [2.05, 4.69) is 25.2 Å². The van der Waals surface area contributed by atoms with Crippen molar-refractivity contribution >= 4 is 29.2 Å². The van der Waals surface area contributed by atoms with Crippen molar-refractivity contribution in [2.45, 2.75) is 6.61 Å². The van der Waals surface area contributed by atoms with Gasteiger partial charge in [-0.2, -0.15) is 4.98 Å². The SMILES string of the molecule is COc1ccc(N(C(=O)OCc2cccnc2)c2ccnc(Nc3ccc(OCCN(C)C)cc3)n2)c(OC)c1. The van der Waals surface area contributed by atoms with Gasteiger partial charge in [0.25, 0.3) is 0 Å². The van der Waals surface area contributed by atoms with Crippen molar-refractivity contribution < 1.29 is 23.7 Å². The summed E-state index contributed by atoms with van der Waals surface area (Å²) in [7, 11) is 7.06. The molecule has 0 aliphatic carbocycles. The Morgan fingerprint density at radius 2 is 1.75 bits per heavy atom. The molecule has 208 valence electrons. The van der Waals surface area contributed by atoms with Crippen LogP contribution < -0.4 is 24.4 Å². The number of nitrogens with zero attached hydrogens (tertiary/aromatic N) is 5. The molecule has 4 rings (SSSR count). The molecule has 0 unspecified atom stereocenters. The van der Waals surface area contributed by atoms with Crippen LogP contribution in [0.4, 0.5) is 27.9 Å². The van der Waals surface area contributed by atoms with E-state index in [1.807, 2.05) is 44.4 Å². The first-order valence-electron chi connectivity index (χ1n) is 12.5. The van der Waals surface area contributed by atoms with Gasteiger partial charge >= 0.3 is 6.09 Å². The van der Waals surface area contributed by atoms with Crippen LogP contribution in [0.5, 0.6) is 17.2 Å². The Hall–Kier alpha value is -4.90. The molecule has 0 atom stereocenters. The monoisotopic (exact) mass is 544 g/mol. The Morgan fingerprint density at radius 3 is 2.45 bits per heavy atom. The zero-order valence-electron chi connectivity index (χ0n) is 22.9. The number of hydrogen-bond acceptors (Lipinski definition) is 10. The molecule has 11 nitrogen and oxygen atoms in total. The van der Waals surface area contributed by atoms with Gasteiger partial charge in [-0.05, 0) is 56.6 Å². The second-order valence-electron chi connectivity index (χ2n) is 8.83. The number of ether oxygens (including phenoxy) is 4. The largest absolute Gasteiger partial charge is 0.497 e. The molecule has 0 spiro atoms. The molecule has 2 aromatic heterocycles. The number of anilines is 4. The average molecular weight is 545 g/mol. The van der Waals surface area contributed by atoms with Crippen LogP contribution in [0.15, 0.2) is 79.3 Å². The maximum atomic E-state index is 13.5. The summed E-state index contributed by atoms with van der Waals surface area (Å²) in [6.45, 7) is 1.44. The fourth-order valence-electron chi connectivity index (χ4n) is 3.62. The third-order valence-electron chi connectivity index (χ3n) is 5.68. The highest BCUT2D eigenvalue weighted by Gasteiger charge is 2.25. The zero-order valence-corrected chi connectivity index (χ0v) is 22.9. The van der Waals surface area contributed by atoms with Crippen molar-refractivity contribution in [1.82, 2.24) is 19.9 Å². The van der Waals surface area contributed by atoms with E-state index >= 15 is 0 Å². The van der Waals surface area contributed by atoms with Crippen molar-refractivity contribution in [3.63, 3.8) is 0 Å². The molecule has 11 heteroatoms. The lowest BCUT2D eigenvalue weighted by molar-refractivity contribution is 0.149. The Balaban J connectivity index is 1.58. The van der Waals surface area contributed by atoms with E-state index < -0.39 is 6.09 Å². The maximum Gasteiger partial charge on any atom is 0.420 e. The molecule has 0 saturated carbocycles. The number of carbonyl (C=O) groups is 1. The number of likely N-dealkylation sites (N-methyl/N-ethyl adjacent to an activating group) is 1. The van der Waals surface area contributed by atoms with Crippen molar-refractivity contribution in [2.75, 3.05) is 51.7 Å². The van der Waals surface area contributed by atoms with Gasteiger partial charge in [-0.3, -0.25) is 4.98 Å². The summed E-state index contributed by atoms with van der Waals surface area (Å²) in [5.41, 5.74) is 1.92.